The molecular formula is C17H27N3. The second-order valence-corrected chi connectivity index (χ2v) is 6.20. The fourth-order valence-corrected chi connectivity index (χ4v) is 3.67. The van der Waals surface area contributed by atoms with Gasteiger partial charge in [0.1, 0.15) is 0 Å². The first-order valence-electron chi connectivity index (χ1n) is 8.10. The molecule has 1 saturated heterocycles. The van der Waals surface area contributed by atoms with Gasteiger partial charge in [0.15, 0.2) is 0 Å². The molecule has 2 aliphatic heterocycles. The highest BCUT2D eigenvalue weighted by Gasteiger charge is 2.25. The number of likely N-dealkylation sites (N-methyl/N-ethyl adjacent to an activating group) is 1. The van der Waals surface area contributed by atoms with Crippen LogP contribution >= 0.6 is 0 Å². The lowest BCUT2D eigenvalue weighted by molar-refractivity contribution is 0.328. The van der Waals surface area contributed by atoms with E-state index in [2.05, 4.69) is 47.3 Å². The molecule has 1 fully saturated rings. The fourth-order valence-electron chi connectivity index (χ4n) is 3.67. The SMILES string of the molecule is CCC1CN(C)CCCN1c1cccc2c1CCCN2. The van der Waals surface area contributed by atoms with E-state index in [1.165, 1.54) is 56.7 Å². The number of anilines is 2. The van der Waals surface area contributed by atoms with E-state index in [9.17, 15) is 0 Å². The number of hydrogen-bond donors (Lipinski definition) is 1. The van der Waals surface area contributed by atoms with Gasteiger partial charge in [0.05, 0.1) is 0 Å². The Morgan fingerprint density at radius 2 is 2.15 bits per heavy atom. The van der Waals surface area contributed by atoms with Crippen molar-refractivity contribution in [3.63, 3.8) is 0 Å². The Hall–Kier alpha value is -1.22. The van der Waals surface area contributed by atoms with Crippen LogP contribution in [0.25, 0.3) is 0 Å². The van der Waals surface area contributed by atoms with Gasteiger partial charge in [-0.2, -0.15) is 0 Å². The minimum absolute atomic E-state index is 0.649. The molecule has 0 saturated carbocycles. The summed E-state index contributed by atoms with van der Waals surface area (Å²) >= 11 is 0. The molecule has 1 unspecified atom stereocenters. The van der Waals surface area contributed by atoms with Crippen LogP contribution in [-0.2, 0) is 6.42 Å². The lowest BCUT2D eigenvalue weighted by atomic mass is 9.99. The summed E-state index contributed by atoms with van der Waals surface area (Å²) in [4.78, 5) is 5.16. The van der Waals surface area contributed by atoms with Gasteiger partial charge < -0.3 is 15.1 Å². The topological polar surface area (TPSA) is 18.5 Å². The molecule has 3 nitrogen and oxygen atoms in total. The maximum atomic E-state index is 3.56. The molecule has 1 N–H and O–H groups in total. The number of hydrogen-bond acceptors (Lipinski definition) is 3. The third kappa shape index (κ3) is 2.64. The van der Waals surface area contributed by atoms with Crippen molar-refractivity contribution in [3.05, 3.63) is 23.8 Å². The zero-order valence-corrected chi connectivity index (χ0v) is 12.9. The first-order valence-corrected chi connectivity index (χ1v) is 8.10. The van der Waals surface area contributed by atoms with E-state index in [-0.39, 0.29) is 0 Å². The number of benzene rings is 1. The summed E-state index contributed by atoms with van der Waals surface area (Å²) < 4.78 is 0. The van der Waals surface area contributed by atoms with Crippen LogP contribution in [0, 0.1) is 0 Å². The maximum Gasteiger partial charge on any atom is 0.0422 e. The molecule has 0 aromatic heterocycles. The van der Waals surface area contributed by atoms with Gasteiger partial charge in [-0.05, 0) is 57.0 Å². The van der Waals surface area contributed by atoms with Crippen LogP contribution in [0.5, 0.6) is 0 Å². The van der Waals surface area contributed by atoms with Crippen molar-refractivity contribution >= 4 is 11.4 Å². The highest BCUT2D eigenvalue weighted by atomic mass is 15.2. The zero-order chi connectivity index (χ0) is 13.9. The van der Waals surface area contributed by atoms with Crippen molar-refractivity contribution in [2.45, 2.75) is 38.6 Å². The van der Waals surface area contributed by atoms with Crippen LogP contribution in [0.3, 0.4) is 0 Å². The third-order valence-corrected chi connectivity index (χ3v) is 4.75. The van der Waals surface area contributed by atoms with E-state index in [1.54, 1.807) is 5.56 Å². The number of nitrogens with one attached hydrogen (secondary N) is 1. The molecule has 0 bridgehead atoms. The van der Waals surface area contributed by atoms with E-state index in [0.717, 1.165) is 6.54 Å². The molecular weight excluding hydrogens is 246 g/mol. The summed E-state index contributed by atoms with van der Waals surface area (Å²) in [7, 11) is 2.26. The van der Waals surface area contributed by atoms with Gasteiger partial charge in [-0.1, -0.05) is 13.0 Å². The quantitative estimate of drug-likeness (QED) is 0.894. The Morgan fingerprint density at radius 1 is 1.25 bits per heavy atom. The molecule has 1 atom stereocenters. The van der Waals surface area contributed by atoms with Gasteiger partial charge in [-0.3, -0.25) is 0 Å². The lowest BCUT2D eigenvalue weighted by Gasteiger charge is -2.35. The van der Waals surface area contributed by atoms with Gasteiger partial charge >= 0.3 is 0 Å². The number of fused-ring (bicyclic) bond motifs is 1. The average Bonchev–Trinajstić information content (AvgIpc) is 2.68. The predicted molar refractivity (Wildman–Crippen MR) is 86.8 cm³/mol. The van der Waals surface area contributed by atoms with Crippen molar-refractivity contribution in [2.24, 2.45) is 0 Å². The molecule has 2 heterocycles. The zero-order valence-electron chi connectivity index (χ0n) is 12.9. The molecule has 0 amide bonds. The second-order valence-electron chi connectivity index (χ2n) is 6.20. The molecule has 0 radical (unpaired) electrons. The minimum Gasteiger partial charge on any atom is -0.385 e. The standard InChI is InChI=1S/C17H27N3/c1-3-14-13-19(2)11-6-12-20(14)17-9-4-8-16-15(17)7-5-10-18-16/h4,8-9,14,18H,3,5-7,10-13H2,1-2H3. The first kappa shape index (κ1) is 13.7. The van der Waals surface area contributed by atoms with Crippen molar-refractivity contribution in [2.75, 3.05) is 43.4 Å². The number of nitrogens with zero attached hydrogens (tertiary/aromatic N) is 2. The Balaban J connectivity index is 1.94. The van der Waals surface area contributed by atoms with Crippen molar-refractivity contribution in [1.82, 2.24) is 4.90 Å². The van der Waals surface area contributed by atoms with E-state index >= 15 is 0 Å². The molecule has 3 heteroatoms. The number of rotatable bonds is 2. The van der Waals surface area contributed by atoms with Crippen molar-refractivity contribution in [3.8, 4) is 0 Å². The molecule has 3 rings (SSSR count). The van der Waals surface area contributed by atoms with Crippen molar-refractivity contribution < 1.29 is 0 Å². The van der Waals surface area contributed by atoms with E-state index in [0.29, 0.717) is 6.04 Å². The first-order chi connectivity index (χ1) is 9.79. The summed E-state index contributed by atoms with van der Waals surface area (Å²) in [5.41, 5.74) is 4.39. The monoisotopic (exact) mass is 273 g/mol. The Morgan fingerprint density at radius 3 is 3.00 bits per heavy atom. The van der Waals surface area contributed by atoms with Gasteiger partial charge in [-0.25, -0.2) is 0 Å². The lowest BCUT2D eigenvalue weighted by Crippen LogP contribution is -2.40. The van der Waals surface area contributed by atoms with E-state index in [1.807, 2.05) is 0 Å². The van der Waals surface area contributed by atoms with Crippen LogP contribution in [0.2, 0.25) is 0 Å². The molecule has 0 aliphatic carbocycles. The average molecular weight is 273 g/mol. The normalized spacial score (nSPS) is 23.9. The van der Waals surface area contributed by atoms with Crippen LogP contribution in [0.4, 0.5) is 11.4 Å². The highest BCUT2D eigenvalue weighted by molar-refractivity contribution is 5.68. The second kappa shape index (κ2) is 6.04. The van der Waals surface area contributed by atoms with Crippen LogP contribution in [0.1, 0.15) is 31.7 Å². The summed E-state index contributed by atoms with van der Waals surface area (Å²) in [6, 6.07) is 7.44. The summed E-state index contributed by atoms with van der Waals surface area (Å²) in [5, 5.41) is 3.56. The summed E-state index contributed by atoms with van der Waals surface area (Å²) in [5.74, 6) is 0. The van der Waals surface area contributed by atoms with Crippen LogP contribution in [-0.4, -0.2) is 44.2 Å². The molecule has 1 aromatic rings. The molecule has 1 aromatic carbocycles. The van der Waals surface area contributed by atoms with Crippen LogP contribution in [0.15, 0.2) is 18.2 Å². The van der Waals surface area contributed by atoms with Gasteiger partial charge in [0, 0.05) is 37.1 Å². The Bertz CT molecular complexity index is 458. The largest absolute Gasteiger partial charge is 0.385 e. The highest BCUT2D eigenvalue weighted by Crippen LogP contribution is 2.33. The van der Waals surface area contributed by atoms with E-state index in [4.69, 9.17) is 0 Å². The Labute approximate surface area is 123 Å². The predicted octanol–water partition coefficient (Wildman–Crippen LogP) is 2.97. The van der Waals surface area contributed by atoms with E-state index < -0.39 is 0 Å². The smallest absolute Gasteiger partial charge is 0.0422 e. The molecule has 2 aliphatic rings. The molecule has 20 heavy (non-hydrogen) atoms. The summed E-state index contributed by atoms with van der Waals surface area (Å²) in [6.45, 7) is 7.05. The Kier molecular flexibility index (Phi) is 4.16. The fraction of sp³-hybridized carbons (Fsp3) is 0.647. The van der Waals surface area contributed by atoms with Crippen molar-refractivity contribution in [1.29, 1.82) is 0 Å². The molecule has 0 spiro atoms. The maximum absolute atomic E-state index is 3.56. The summed E-state index contributed by atoms with van der Waals surface area (Å²) in [6.07, 6.45) is 4.97. The van der Waals surface area contributed by atoms with Gasteiger partial charge in [0.25, 0.3) is 0 Å². The van der Waals surface area contributed by atoms with Gasteiger partial charge in [-0.15, -0.1) is 0 Å². The molecule has 110 valence electrons. The third-order valence-electron chi connectivity index (χ3n) is 4.75. The minimum atomic E-state index is 0.649. The van der Waals surface area contributed by atoms with Crippen LogP contribution < -0.4 is 10.2 Å². The van der Waals surface area contributed by atoms with Gasteiger partial charge in [0.2, 0.25) is 0 Å².